The fourth-order valence-electron chi connectivity index (χ4n) is 2.08. The van der Waals surface area contributed by atoms with Crippen molar-refractivity contribution in [3.8, 4) is 0 Å². The summed E-state index contributed by atoms with van der Waals surface area (Å²) in [7, 11) is 0. The van der Waals surface area contributed by atoms with Crippen molar-refractivity contribution >= 4 is 12.3 Å². The molecule has 0 amide bonds. The summed E-state index contributed by atoms with van der Waals surface area (Å²) in [6, 6.07) is 14.1. The summed E-state index contributed by atoms with van der Waals surface area (Å²) in [6.45, 7) is 3.65. The van der Waals surface area contributed by atoms with Crippen molar-refractivity contribution in [1.29, 1.82) is 0 Å². The normalized spacial score (nSPS) is 12.8. The molecule has 2 rings (SSSR count). The summed E-state index contributed by atoms with van der Waals surface area (Å²) in [5, 5.41) is 0. The maximum Gasteiger partial charge on any atom is 0.416 e. The number of nitrogens with zero attached hydrogens (tertiary/aromatic N) is 1. The highest BCUT2D eigenvalue weighted by Crippen LogP contribution is 2.30. The van der Waals surface area contributed by atoms with Crippen molar-refractivity contribution in [3.05, 3.63) is 89.4 Å². The highest BCUT2D eigenvalue weighted by Gasteiger charge is 2.29. The summed E-state index contributed by atoms with van der Waals surface area (Å²) in [5.74, 6) is 0.124. The molecule has 130 valence electrons. The van der Waals surface area contributed by atoms with Gasteiger partial charge in [0.15, 0.2) is 5.88 Å². The van der Waals surface area contributed by atoms with Gasteiger partial charge in [-0.3, -0.25) is 4.99 Å². The summed E-state index contributed by atoms with van der Waals surface area (Å²) in [6.07, 6.45) is -1.48. The first kappa shape index (κ1) is 18.3. The quantitative estimate of drug-likeness (QED) is 0.465. The molecule has 0 heterocycles. The van der Waals surface area contributed by atoms with Crippen LogP contribution in [0, 0.1) is 0 Å². The van der Waals surface area contributed by atoms with Gasteiger partial charge in [-0.1, -0.05) is 42.5 Å². The van der Waals surface area contributed by atoms with Crippen LogP contribution in [0.3, 0.4) is 0 Å². The second-order valence-corrected chi connectivity index (χ2v) is 5.16. The fraction of sp³-hybridized carbons (Fsp3) is 0.105. The van der Waals surface area contributed by atoms with Crippen molar-refractivity contribution in [3.63, 3.8) is 0 Å². The summed E-state index contributed by atoms with van der Waals surface area (Å²) in [5.41, 5.74) is 7.08. The van der Waals surface area contributed by atoms with E-state index in [0.29, 0.717) is 11.1 Å². The number of benzene rings is 2. The molecule has 0 fully saturated rings. The average Bonchev–Trinajstić information content (AvgIpc) is 2.60. The van der Waals surface area contributed by atoms with Crippen LogP contribution >= 0.6 is 0 Å². The zero-order valence-corrected chi connectivity index (χ0v) is 13.3. The standard InChI is InChI=1S/C19H17F3N2O/c1-24-12-16(15-7-9-17(10-8-15)19(20,21)22)11-18(23)25-13-14-5-3-2-4-6-14/h2-12H,1,13,23H2/b16-12+,18-11+. The zero-order chi connectivity index (χ0) is 18.3. The molecule has 3 nitrogen and oxygen atoms in total. The van der Waals surface area contributed by atoms with Gasteiger partial charge in [0, 0.05) is 17.8 Å². The van der Waals surface area contributed by atoms with E-state index in [9.17, 15) is 13.2 Å². The topological polar surface area (TPSA) is 47.6 Å². The molecule has 6 heteroatoms. The highest BCUT2D eigenvalue weighted by molar-refractivity contribution is 5.74. The molecular weight excluding hydrogens is 329 g/mol. The van der Waals surface area contributed by atoms with Crippen LogP contribution in [-0.2, 0) is 17.5 Å². The molecule has 0 radical (unpaired) electrons. The minimum absolute atomic E-state index is 0.124. The number of ether oxygens (including phenoxy) is 1. The molecule has 25 heavy (non-hydrogen) atoms. The number of nitrogens with two attached hydrogens (primary N) is 1. The Hall–Kier alpha value is -3.02. The van der Waals surface area contributed by atoms with Crippen LogP contribution in [0.15, 0.2) is 77.7 Å². The van der Waals surface area contributed by atoms with Crippen molar-refractivity contribution < 1.29 is 17.9 Å². The molecule has 2 aromatic rings. The SMILES string of the molecule is C=N/C=C(\C=C(/N)OCc1ccccc1)c1ccc(C(F)(F)F)cc1. The molecule has 0 aliphatic heterocycles. The molecule has 0 aliphatic rings. The largest absolute Gasteiger partial charge is 0.475 e. The van der Waals surface area contributed by atoms with Crippen molar-refractivity contribution in [2.45, 2.75) is 12.8 Å². The van der Waals surface area contributed by atoms with Crippen molar-refractivity contribution in [2.24, 2.45) is 10.7 Å². The zero-order valence-electron chi connectivity index (χ0n) is 13.3. The van der Waals surface area contributed by atoms with Crippen molar-refractivity contribution in [1.82, 2.24) is 0 Å². The molecule has 0 bridgehead atoms. The Balaban J connectivity index is 2.14. The van der Waals surface area contributed by atoms with E-state index in [-0.39, 0.29) is 12.5 Å². The second-order valence-electron chi connectivity index (χ2n) is 5.16. The van der Waals surface area contributed by atoms with Crippen LogP contribution in [0.5, 0.6) is 0 Å². The van der Waals surface area contributed by atoms with Gasteiger partial charge in [0.25, 0.3) is 0 Å². The lowest BCUT2D eigenvalue weighted by atomic mass is 10.0. The number of rotatable bonds is 6. The van der Waals surface area contributed by atoms with Gasteiger partial charge in [0.1, 0.15) is 6.61 Å². The predicted octanol–water partition coefficient (Wildman–Crippen LogP) is 4.76. The second kappa shape index (κ2) is 8.19. The summed E-state index contributed by atoms with van der Waals surface area (Å²) >= 11 is 0. The van der Waals surface area contributed by atoms with Crippen LogP contribution < -0.4 is 5.73 Å². The van der Waals surface area contributed by atoms with Gasteiger partial charge in [-0.2, -0.15) is 13.2 Å². The third-order valence-electron chi connectivity index (χ3n) is 3.32. The minimum atomic E-state index is -4.38. The first-order valence-corrected chi connectivity index (χ1v) is 7.37. The van der Waals surface area contributed by atoms with Crippen LogP contribution in [0.1, 0.15) is 16.7 Å². The van der Waals surface area contributed by atoms with Gasteiger partial charge in [-0.15, -0.1) is 0 Å². The van der Waals surface area contributed by atoms with Gasteiger partial charge < -0.3 is 10.5 Å². The lowest BCUT2D eigenvalue weighted by Crippen LogP contribution is -2.05. The first-order chi connectivity index (χ1) is 11.9. The molecule has 0 atom stereocenters. The van der Waals surface area contributed by atoms with E-state index in [1.165, 1.54) is 24.4 Å². The molecule has 0 aromatic heterocycles. The third-order valence-corrected chi connectivity index (χ3v) is 3.32. The molecule has 0 saturated carbocycles. The maximum atomic E-state index is 12.6. The van der Waals surface area contributed by atoms with E-state index in [0.717, 1.165) is 17.7 Å². The smallest absolute Gasteiger partial charge is 0.416 e. The third kappa shape index (κ3) is 5.53. The Morgan fingerprint density at radius 3 is 2.28 bits per heavy atom. The molecule has 0 unspecified atom stereocenters. The molecule has 0 spiro atoms. The van der Waals surface area contributed by atoms with Gasteiger partial charge in [-0.25, -0.2) is 0 Å². The van der Waals surface area contributed by atoms with E-state index < -0.39 is 11.7 Å². The van der Waals surface area contributed by atoms with Gasteiger partial charge in [0.2, 0.25) is 0 Å². The fourth-order valence-corrected chi connectivity index (χ4v) is 2.08. The lowest BCUT2D eigenvalue weighted by Gasteiger charge is -2.10. The lowest BCUT2D eigenvalue weighted by molar-refractivity contribution is -0.137. The van der Waals surface area contributed by atoms with E-state index in [1.807, 2.05) is 30.3 Å². The first-order valence-electron chi connectivity index (χ1n) is 7.37. The molecule has 2 N–H and O–H groups in total. The number of hydrogen-bond donors (Lipinski definition) is 1. The number of hydrogen-bond acceptors (Lipinski definition) is 3. The summed E-state index contributed by atoms with van der Waals surface area (Å²) < 4.78 is 43.4. The number of halogens is 3. The molecule has 0 aliphatic carbocycles. The Kier molecular flexibility index (Phi) is 6.00. The average molecular weight is 346 g/mol. The van der Waals surface area contributed by atoms with E-state index in [2.05, 4.69) is 11.7 Å². The minimum Gasteiger partial charge on any atom is -0.475 e. The molecule has 2 aromatic carbocycles. The Labute approximate surface area is 144 Å². The number of alkyl halides is 3. The van der Waals surface area contributed by atoms with Crippen LogP contribution in [0.2, 0.25) is 0 Å². The van der Waals surface area contributed by atoms with Crippen molar-refractivity contribution in [2.75, 3.05) is 0 Å². The number of allylic oxidation sites excluding steroid dienone is 2. The Morgan fingerprint density at radius 2 is 1.72 bits per heavy atom. The van der Waals surface area contributed by atoms with Gasteiger partial charge in [0.05, 0.1) is 5.56 Å². The summed E-state index contributed by atoms with van der Waals surface area (Å²) in [4.78, 5) is 3.66. The number of aliphatic imine (C=N–C) groups is 1. The van der Waals surface area contributed by atoms with E-state index in [1.54, 1.807) is 0 Å². The van der Waals surface area contributed by atoms with Crippen LogP contribution in [0.25, 0.3) is 5.57 Å². The van der Waals surface area contributed by atoms with Crippen LogP contribution in [0.4, 0.5) is 13.2 Å². The Morgan fingerprint density at radius 1 is 1.08 bits per heavy atom. The predicted molar refractivity (Wildman–Crippen MR) is 92.5 cm³/mol. The molecular formula is C19H17F3N2O. The van der Waals surface area contributed by atoms with Crippen LogP contribution in [-0.4, -0.2) is 6.72 Å². The van der Waals surface area contributed by atoms with E-state index in [4.69, 9.17) is 10.5 Å². The molecule has 0 saturated heterocycles. The monoisotopic (exact) mass is 346 g/mol. The van der Waals surface area contributed by atoms with E-state index >= 15 is 0 Å². The van der Waals surface area contributed by atoms with Gasteiger partial charge in [-0.05, 0) is 30.0 Å². The highest BCUT2D eigenvalue weighted by atomic mass is 19.4. The Bertz CT molecular complexity index is 764. The maximum absolute atomic E-state index is 12.6. The van der Waals surface area contributed by atoms with Gasteiger partial charge >= 0.3 is 6.18 Å².